The number of hydrogen-bond acceptors (Lipinski definition) is 7. The van der Waals surface area contributed by atoms with Gasteiger partial charge in [0.2, 0.25) is 0 Å². The van der Waals surface area contributed by atoms with Gasteiger partial charge in [0.25, 0.3) is 15.9 Å². The van der Waals surface area contributed by atoms with Crippen molar-refractivity contribution in [3.8, 4) is 0 Å². The second-order valence-electron chi connectivity index (χ2n) is 9.72. The summed E-state index contributed by atoms with van der Waals surface area (Å²) >= 11 is 0. The zero-order valence-corrected chi connectivity index (χ0v) is 23.3. The molecule has 10 heteroatoms. The highest BCUT2D eigenvalue weighted by Gasteiger charge is 2.46. The van der Waals surface area contributed by atoms with Crippen LogP contribution in [-0.2, 0) is 14.8 Å². The number of hydrogen-bond donors (Lipinski definition) is 1. The first kappa shape index (κ1) is 27.7. The van der Waals surface area contributed by atoms with E-state index in [0.717, 1.165) is 30.5 Å². The van der Waals surface area contributed by atoms with E-state index < -0.39 is 10.0 Å². The summed E-state index contributed by atoms with van der Waals surface area (Å²) in [6.45, 7) is 6.50. The van der Waals surface area contributed by atoms with E-state index in [0.29, 0.717) is 36.4 Å². The van der Waals surface area contributed by atoms with Crippen molar-refractivity contribution >= 4 is 38.2 Å². The number of para-hydroxylation sites is 1. The van der Waals surface area contributed by atoms with E-state index >= 15 is 0 Å². The van der Waals surface area contributed by atoms with E-state index in [-0.39, 0.29) is 23.1 Å². The summed E-state index contributed by atoms with van der Waals surface area (Å²) in [5.41, 5.74) is 2.21. The molecule has 0 radical (unpaired) electrons. The zero-order chi connectivity index (χ0) is 28.1. The highest BCUT2D eigenvalue weighted by atomic mass is 32.2. The minimum atomic E-state index is -3.87. The molecule has 2 atom stereocenters. The fraction of sp³-hybridized carbons (Fsp3) is 0.300. The molecule has 3 heterocycles. The summed E-state index contributed by atoms with van der Waals surface area (Å²) < 4.78 is 34.8. The van der Waals surface area contributed by atoms with Crippen molar-refractivity contribution in [2.24, 2.45) is 4.99 Å². The minimum Gasteiger partial charge on any atom is -0.346 e. The van der Waals surface area contributed by atoms with Gasteiger partial charge < -0.3 is 9.64 Å². The van der Waals surface area contributed by atoms with Crippen LogP contribution >= 0.6 is 0 Å². The van der Waals surface area contributed by atoms with E-state index in [1.807, 2.05) is 35.3 Å². The van der Waals surface area contributed by atoms with Crippen LogP contribution in [0.4, 0.5) is 5.69 Å². The number of carbonyl (C=O) groups excluding carboxylic acids is 1. The lowest BCUT2D eigenvalue weighted by molar-refractivity contribution is 0.0757. The fourth-order valence-electron chi connectivity index (χ4n) is 4.94. The third-order valence-electron chi connectivity index (χ3n) is 7.06. The molecule has 208 valence electrons. The van der Waals surface area contributed by atoms with Crippen molar-refractivity contribution < 1.29 is 17.9 Å². The molecule has 2 saturated heterocycles. The minimum absolute atomic E-state index is 0.0219. The number of fused-ring (bicyclic) bond motifs is 1. The summed E-state index contributed by atoms with van der Waals surface area (Å²) in [7, 11) is -2.10. The number of pyridine rings is 1. The van der Waals surface area contributed by atoms with E-state index in [1.165, 1.54) is 6.07 Å². The largest absolute Gasteiger partial charge is 0.346 e. The molecule has 0 spiro atoms. The monoisotopic (exact) mass is 559 g/mol. The molecular formula is C30H33N5O4S. The molecule has 1 amide bonds. The number of nitrogens with zero attached hydrogens (tertiary/aromatic N) is 4. The summed E-state index contributed by atoms with van der Waals surface area (Å²) in [4.78, 5) is 26.1. The second kappa shape index (κ2) is 12.1. The molecule has 1 aromatic heterocycles. The molecule has 0 aliphatic carbocycles. The number of nitrogens with one attached hydrogen (secondary N) is 1. The maximum Gasteiger partial charge on any atom is 0.264 e. The van der Waals surface area contributed by atoms with Crippen molar-refractivity contribution in [1.82, 2.24) is 14.8 Å². The lowest BCUT2D eigenvalue weighted by Gasteiger charge is -2.21. The number of sulfonamides is 1. The van der Waals surface area contributed by atoms with Gasteiger partial charge in [0.05, 0.1) is 11.2 Å². The number of epoxide rings is 1. The topological polar surface area (TPSA) is 108 Å². The first-order chi connectivity index (χ1) is 19.4. The number of benzene rings is 2. The predicted molar refractivity (Wildman–Crippen MR) is 157 cm³/mol. The summed E-state index contributed by atoms with van der Waals surface area (Å²) in [6, 6.07) is 15.2. The second-order valence-corrected chi connectivity index (χ2v) is 11.4. The predicted octanol–water partition coefficient (Wildman–Crippen LogP) is 4.11. The molecule has 5 rings (SSSR count). The first-order valence-corrected chi connectivity index (χ1v) is 14.8. The van der Waals surface area contributed by atoms with E-state index in [2.05, 4.69) is 26.2 Å². The Morgan fingerprint density at radius 3 is 2.70 bits per heavy atom. The Hall–Kier alpha value is -3.86. The van der Waals surface area contributed by atoms with Gasteiger partial charge in [0.1, 0.15) is 17.2 Å². The Labute approximate surface area is 234 Å². The number of rotatable bonds is 9. The molecule has 40 heavy (non-hydrogen) atoms. The van der Waals surface area contributed by atoms with Crippen LogP contribution in [0.1, 0.15) is 23.2 Å². The van der Waals surface area contributed by atoms with Crippen molar-refractivity contribution in [1.29, 1.82) is 0 Å². The Morgan fingerprint density at radius 2 is 1.93 bits per heavy atom. The van der Waals surface area contributed by atoms with Crippen molar-refractivity contribution in [2.45, 2.75) is 30.1 Å². The third kappa shape index (κ3) is 6.14. The van der Waals surface area contributed by atoms with E-state index in [4.69, 9.17) is 4.74 Å². The number of ether oxygens (including phenoxy) is 1. The van der Waals surface area contributed by atoms with Crippen LogP contribution in [0.2, 0.25) is 0 Å². The van der Waals surface area contributed by atoms with Crippen LogP contribution < -0.4 is 4.72 Å². The van der Waals surface area contributed by atoms with Gasteiger partial charge >= 0.3 is 0 Å². The van der Waals surface area contributed by atoms with Gasteiger partial charge in [-0.05, 0) is 55.3 Å². The maximum atomic E-state index is 13.3. The molecular weight excluding hydrogens is 526 g/mol. The Balaban J connectivity index is 1.19. The van der Waals surface area contributed by atoms with Crippen LogP contribution in [0.5, 0.6) is 0 Å². The molecule has 2 unspecified atom stereocenters. The molecule has 9 nitrogen and oxygen atoms in total. The average Bonchev–Trinajstić information content (AvgIpc) is 3.78. The van der Waals surface area contributed by atoms with Crippen LogP contribution in [-0.4, -0.2) is 80.4 Å². The molecule has 0 bridgehead atoms. The smallest absolute Gasteiger partial charge is 0.264 e. The Kier molecular flexibility index (Phi) is 8.39. The first-order valence-electron chi connectivity index (χ1n) is 13.3. The number of aliphatic imine (C=N–C) groups is 1. The number of aromatic nitrogens is 1. The molecule has 2 fully saturated rings. The number of anilines is 1. The quantitative estimate of drug-likeness (QED) is 0.240. The summed E-state index contributed by atoms with van der Waals surface area (Å²) in [5, 5.41) is 0.741. The normalized spacial score (nSPS) is 20.4. The van der Waals surface area contributed by atoms with Gasteiger partial charge in [-0.3, -0.25) is 24.4 Å². The third-order valence-corrected chi connectivity index (χ3v) is 8.47. The fourth-order valence-corrected chi connectivity index (χ4v) is 6.18. The van der Waals surface area contributed by atoms with Crippen molar-refractivity contribution in [3.05, 3.63) is 91.2 Å². The molecule has 3 aromatic rings. The van der Waals surface area contributed by atoms with E-state index in [1.54, 1.807) is 49.6 Å². The van der Waals surface area contributed by atoms with E-state index in [9.17, 15) is 13.2 Å². The van der Waals surface area contributed by atoms with Crippen LogP contribution in [0, 0.1) is 0 Å². The Bertz CT molecular complexity index is 1550. The molecule has 2 aliphatic heterocycles. The highest BCUT2D eigenvalue weighted by molar-refractivity contribution is 7.93. The van der Waals surface area contributed by atoms with Gasteiger partial charge in [-0.15, -0.1) is 6.58 Å². The van der Waals surface area contributed by atoms with Crippen molar-refractivity contribution in [3.63, 3.8) is 0 Å². The molecule has 1 N–H and O–H groups in total. The van der Waals surface area contributed by atoms with Crippen LogP contribution in [0.25, 0.3) is 10.9 Å². The molecule has 0 saturated carbocycles. The number of amides is 1. The average molecular weight is 560 g/mol. The lowest BCUT2D eigenvalue weighted by Crippen LogP contribution is -2.36. The van der Waals surface area contributed by atoms with Crippen molar-refractivity contribution in [2.75, 3.05) is 37.9 Å². The number of allylic oxidation sites excluding steroid dienone is 2. The highest BCUT2D eigenvalue weighted by Crippen LogP contribution is 2.29. The standard InChI is InChI=1S/C30H33N5O4S/c1-3-4-5-11-25(31-2)28-30(39-28)35-19-8-18-34(20-21-35)29(36)23-13-15-24(16-14-23)33-40(37,38)26-12-6-9-22-10-7-17-32-27(22)26/h3,5-7,9-17,28,30,33H,1,4,8,18-21H2,2H3/b11-5-,31-25+. The summed E-state index contributed by atoms with van der Waals surface area (Å²) in [6.07, 6.45) is 8.97. The van der Waals surface area contributed by atoms with Gasteiger partial charge in [-0.25, -0.2) is 8.42 Å². The zero-order valence-electron chi connectivity index (χ0n) is 22.4. The molecule has 2 aliphatic rings. The number of carbonyl (C=O) groups is 1. The van der Waals surface area contributed by atoms with Gasteiger partial charge in [-0.2, -0.15) is 0 Å². The van der Waals surface area contributed by atoms with Crippen LogP contribution in [0.3, 0.4) is 0 Å². The van der Waals surface area contributed by atoms with Crippen LogP contribution in [0.15, 0.2) is 95.5 Å². The maximum absolute atomic E-state index is 13.3. The lowest BCUT2D eigenvalue weighted by atomic mass is 10.2. The van der Waals surface area contributed by atoms with Gasteiger partial charge in [-0.1, -0.05) is 30.4 Å². The van der Waals surface area contributed by atoms with Gasteiger partial charge in [0.15, 0.2) is 0 Å². The summed E-state index contributed by atoms with van der Waals surface area (Å²) in [5.74, 6) is -0.0778. The SMILES string of the molecule is C=CC/C=C\C(=N/C)C1OC1N1CCCN(C(=O)c2ccc(NS(=O)(=O)c3cccc4cccnc34)cc2)CC1. The van der Waals surface area contributed by atoms with Gasteiger partial charge in [0, 0.05) is 56.1 Å². The Morgan fingerprint density at radius 1 is 1.12 bits per heavy atom. The molecule has 2 aromatic carbocycles.